The number of nitrogens with zero attached hydrogens (tertiary/aromatic N) is 5. The van der Waals surface area contributed by atoms with E-state index < -0.39 is 5.91 Å². The van der Waals surface area contributed by atoms with Crippen LogP contribution in [0.15, 0.2) is 41.6 Å². The number of hydrogen-bond donors (Lipinski definition) is 1. The number of likely N-dealkylation sites (tertiary alicyclic amines) is 2. The van der Waals surface area contributed by atoms with Crippen molar-refractivity contribution in [2.24, 2.45) is 11.1 Å². The quantitative estimate of drug-likeness (QED) is 0.181. The van der Waals surface area contributed by atoms with Gasteiger partial charge in [-0.3, -0.25) is 24.0 Å². The number of aryl methyl sites for hydroxylation is 2. The van der Waals surface area contributed by atoms with Crippen molar-refractivity contribution in [3.05, 3.63) is 68.7 Å². The van der Waals surface area contributed by atoms with Gasteiger partial charge in [0.1, 0.15) is 0 Å². The molecule has 298 valence electrons. The predicted molar refractivity (Wildman–Crippen MR) is 214 cm³/mol. The van der Waals surface area contributed by atoms with Gasteiger partial charge in [-0.15, -0.1) is 0 Å². The van der Waals surface area contributed by atoms with Gasteiger partial charge in [0, 0.05) is 70.6 Å². The number of halogens is 2. The second kappa shape index (κ2) is 22.0. The molecule has 2 aromatic rings. The van der Waals surface area contributed by atoms with Crippen molar-refractivity contribution >= 4 is 52.5 Å². The Bertz CT molecular complexity index is 1590. The fraction of sp³-hybridized carbons (Fsp3) is 0.575. The summed E-state index contributed by atoms with van der Waals surface area (Å²) in [5.41, 5.74) is 6.14. The lowest BCUT2D eigenvalue weighted by molar-refractivity contribution is -0.146. The van der Waals surface area contributed by atoms with Crippen LogP contribution in [0.3, 0.4) is 0 Å². The van der Waals surface area contributed by atoms with Gasteiger partial charge in [0.05, 0.1) is 29.4 Å². The first-order valence-corrected chi connectivity index (χ1v) is 19.4. The molecule has 0 aromatic heterocycles. The Kier molecular flexibility index (Phi) is 18.2. The summed E-state index contributed by atoms with van der Waals surface area (Å²) >= 11 is 12.2. The van der Waals surface area contributed by atoms with Crippen LogP contribution >= 0.6 is 23.2 Å². The van der Waals surface area contributed by atoms with Crippen molar-refractivity contribution in [2.75, 3.05) is 67.6 Å². The van der Waals surface area contributed by atoms with Crippen LogP contribution in [0, 0.1) is 19.8 Å². The molecule has 4 amide bonds. The van der Waals surface area contributed by atoms with E-state index in [4.69, 9.17) is 28.0 Å². The molecule has 0 radical (unpaired) electrons. The fourth-order valence-corrected chi connectivity index (χ4v) is 7.17. The molecule has 0 saturated carbocycles. The third kappa shape index (κ3) is 13.5. The summed E-state index contributed by atoms with van der Waals surface area (Å²) < 4.78 is 0. The second-order valence-corrected chi connectivity index (χ2v) is 15.3. The van der Waals surface area contributed by atoms with Gasteiger partial charge in [-0.2, -0.15) is 0 Å². The first-order chi connectivity index (χ1) is 25.6. The monoisotopic (exact) mass is 788 g/mol. The maximum Gasteiger partial charge on any atom is 0.284 e. The summed E-state index contributed by atoms with van der Waals surface area (Å²) in [5.74, 6) is -0.712. The predicted octanol–water partition coefficient (Wildman–Crippen LogP) is 6.11. The largest absolute Gasteiger partial charge is 0.386 e. The number of hydroxylamine groups is 1. The lowest BCUT2D eigenvalue weighted by atomic mass is 9.90. The molecule has 0 spiro atoms. The highest BCUT2D eigenvalue weighted by Gasteiger charge is 2.35. The second-order valence-electron chi connectivity index (χ2n) is 14.5. The Morgan fingerprint density at radius 3 is 2.24 bits per heavy atom. The highest BCUT2D eigenvalue weighted by molar-refractivity contribution is 6.42. The van der Waals surface area contributed by atoms with Crippen LogP contribution < -0.4 is 5.48 Å². The highest BCUT2D eigenvalue weighted by Crippen LogP contribution is 2.29. The molecule has 12 nitrogen and oxygen atoms in total. The number of rotatable bonds is 14. The van der Waals surface area contributed by atoms with Crippen LogP contribution in [0.25, 0.3) is 0 Å². The van der Waals surface area contributed by atoms with Gasteiger partial charge < -0.3 is 24.4 Å². The summed E-state index contributed by atoms with van der Waals surface area (Å²) in [6, 6.07) is 11.4. The molecular weight excluding hydrogens is 731 g/mol. The summed E-state index contributed by atoms with van der Waals surface area (Å²) in [7, 11) is 6.54. The van der Waals surface area contributed by atoms with E-state index in [1.165, 1.54) is 20.1 Å². The molecule has 2 saturated heterocycles. The van der Waals surface area contributed by atoms with Crippen molar-refractivity contribution in [1.29, 1.82) is 0 Å². The normalized spacial score (nSPS) is 17.3. The van der Waals surface area contributed by atoms with Crippen LogP contribution in [0.5, 0.6) is 0 Å². The van der Waals surface area contributed by atoms with E-state index in [0.29, 0.717) is 33.8 Å². The number of carbonyl (C=O) groups is 4. The molecule has 2 atom stereocenters. The molecule has 14 heteroatoms. The van der Waals surface area contributed by atoms with E-state index in [1.807, 2.05) is 45.0 Å². The van der Waals surface area contributed by atoms with Gasteiger partial charge in [-0.25, -0.2) is 5.48 Å². The van der Waals surface area contributed by atoms with Crippen molar-refractivity contribution in [3.63, 3.8) is 0 Å². The molecule has 54 heavy (non-hydrogen) atoms. The van der Waals surface area contributed by atoms with Crippen molar-refractivity contribution in [3.8, 4) is 0 Å². The molecule has 2 unspecified atom stereocenters. The number of carbonyl (C=O) groups excluding carboxylic acids is 4. The number of piperidine rings is 2. The Hall–Kier alpha value is -3.71. The minimum absolute atomic E-state index is 0.0676. The lowest BCUT2D eigenvalue weighted by Crippen LogP contribution is -2.52. The zero-order chi connectivity index (χ0) is 39.9. The molecule has 2 aliphatic rings. The van der Waals surface area contributed by atoms with E-state index in [2.05, 4.69) is 32.2 Å². The highest BCUT2D eigenvalue weighted by atomic mass is 35.5. The van der Waals surface area contributed by atoms with Crippen LogP contribution in [0.1, 0.15) is 85.3 Å². The zero-order valence-electron chi connectivity index (χ0n) is 33.1. The van der Waals surface area contributed by atoms with Gasteiger partial charge in [0.25, 0.3) is 11.8 Å². The molecule has 1 N–H and O–H groups in total. The van der Waals surface area contributed by atoms with Crippen LogP contribution in [-0.4, -0.2) is 123 Å². The van der Waals surface area contributed by atoms with Crippen molar-refractivity contribution < 1.29 is 28.9 Å². The van der Waals surface area contributed by atoms with Gasteiger partial charge >= 0.3 is 0 Å². The standard InChI is InChI=1S/C23H27Cl2N3O4.C17H31N3O2/c1-14-8-15(2)10-18(9-14)23(30)28(4)12-21(26-32-13-22(29)27-31-5)16(3)17-6-7-19(24)20(25)11-17;1-4-9-19-11-7-15(8-12-19)20-10-5-6-14(17(20)22)13-16(21)18(2)3/h6-11,16H,12-13H2,1-5H3,(H,27,29);14-15H,4-13H2,1-3H3/b26-21-;. The van der Waals surface area contributed by atoms with E-state index in [1.54, 1.807) is 43.1 Å². The molecule has 0 bridgehead atoms. The minimum atomic E-state index is -0.488. The number of hydrogen-bond acceptors (Lipinski definition) is 8. The maximum atomic E-state index is 13.0. The van der Waals surface area contributed by atoms with Crippen molar-refractivity contribution in [2.45, 2.75) is 78.2 Å². The van der Waals surface area contributed by atoms with Gasteiger partial charge in [-0.1, -0.05) is 65.5 Å². The summed E-state index contributed by atoms with van der Waals surface area (Å²) in [5, 5.41) is 5.01. The van der Waals surface area contributed by atoms with E-state index in [-0.39, 0.29) is 42.7 Å². The Labute approximate surface area is 331 Å². The molecule has 2 heterocycles. The smallest absolute Gasteiger partial charge is 0.284 e. The summed E-state index contributed by atoms with van der Waals surface area (Å²) in [4.78, 5) is 66.8. The van der Waals surface area contributed by atoms with Gasteiger partial charge in [0.15, 0.2) is 6.61 Å². The molecule has 2 fully saturated rings. The average Bonchev–Trinajstić information content (AvgIpc) is 3.13. The number of benzene rings is 2. The first-order valence-electron chi connectivity index (χ1n) is 18.7. The third-order valence-electron chi connectivity index (χ3n) is 9.79. The first kappa shape index (κ1) is 44.7. The van der Waals surface area contributed by atoms with Crippen LogP contribution in [0.4, 0.5) is 0 Å². The number of nitrogens with one attached hydrogen (secondary N) is 1. The van der Waals surface area contributed by atoms with E-state index in [9.17, 15) is 19.2 Å². The lowest BCUT2D eigenvalue weighted by Gasteiger charge is -2.42. The summed E-state index contributed by atoms with van der Waals surface area (Å²) in [6.45, 7) is 12.1. The molecule has 0 aliphatic carbocycles. The molecular formula is C40H58Cl2N6O6. The topological polar surface area (TPSA) is 124 Å². The maximum absolute atomic E-state index is 13.0. The number of oxime groups is 1. The summed E-state index contributed by atoms with van der Waals surface area (Å²) in [6.07, 6.45) is 5.63. The SMILES string of the molecule is CCCN1CCC(N2CCCC(CC(=O)N(C)C)C2=O)CC1.CONC(=O)CO/N=C(/CN(C)C(=O)c1cc(C)cc(C)c1)C(C)c1ccc(Cl)c(Cl)c1. The third-order valence-corrected chi connectivity index (χ3v) is 10.5. The number of amides is 4. The molecule has 2 aromatic carbocycles. The van der Waals surface area contributed by atoms with Gasteiger partial charge in [0.2, 0.25) is 11.8 Å². The van der Waals surface area contributed by atoms with E-state index in [0.717, 1.165) is 62.0 Å². The van der Waals surface area contributed by atoms with E-state index >= 15 is 0 Å². The molecule has 2 aliphatic heterocycles. The van der Waals surface area contributed by atoms with Crippen molar-refractivity contribution in [1.82, 2.24) is 25.1 Å². The fourth-order valence-electron chi connectivity index (χ4n) is 6.86. The Balaban J connectivity index is 0.000000311. The average molecular weight is 790 g/mol. The molecule has 4 rings (SSSR count). The Morgan fingerprint density at radius 1 is 0.981 bits per heavy atom. The van der Waals surface area contributed by atoms with Crippen LogP contribution in [-0.2, 0) is 24.1 Å². The Morgan fingerprint density at radius 2 is 1.65 bits per heavy atom. The van der Waals surface area contributed by atoms with Gasteiger partial charge in [-0.05, 0) is 82.3 Å². The zero-order valence-corrected chi connectivity index (χ0v) is 34.6. The minimum Gasteiger partial charge on any atom is -0.386 e. The van der Waals surface area contributed by atoms with Crippen LogP contribution in [0.2, 0.25) is 10.0 Å².